The topological polar surface area (TPSA) is 26.3 Å². The molecule has 2 nitrogen and oxygen atoms in total. The summed E-state index contributed by atoms with van der Waals surface area (Å²) in [6, 6.07) is 0. The lowest BCUT2D eigenvalue weighted by molar-refractivity contribution is -0.142. The molecule has 0 amide bonds. The second-order valence-electron chi connectivity index (χ2n) is 4.78. The van der Waals surface area contributed by atoms with Crippen LogP contribution in [0.1, 0.15) is 51.9 Å². The molecule has 0 saturated heterocycles. The average Bonchev–Trinajstić information content (AvgIpc) is 2.31. The van der Waals surface area contributed by atoms with Gasteiger partial charge >= 0.3 is 5.97 Å². The van der Waals surface area contributed by atoms with Crippen molar-refractivity contribution in [3.05, 3.63) is 24.3 Å². The van der Waals surface area contributed by atoms with Crippen molar-refractivity contribution in [2.75, 3.05) is 6.61 Å². The van der Waals surface area contributed by atoms with Gasteiger partial charge in [0.05, 0.1) is 13.0 Å². The first-order valence-corrected chi connectivity index (χ1v) is 6.74. The van der Waals surface area contributed by atoms with E-state index < -0.39 is 0 Å². The summed E-state index contributed by atoms with van der Waals surface area (Å²) in [4.78, 5) is 11.3. The molecule has 0 aliphatic carbocycles. The summed E-state index contributed by atoms with van der Waals surface area (Å²) >= 11 is 0. The van der Waals surface area contributed by atoms with Crippen LogP contribution in [-0.2, 0) is 9.53 Å². The Hall–Kier alpha value is -1.05. The van der Waals surface area contributed by atoms with Crippen LogP contribution in [-0.4, -0.2) is 12.6 Å². The molecule has 0 saturated carbocycles. The molecule has 0 N–H and O–H groups in total. The van der Waals surface area contributed by atoms with Crippen LogP contribution in [0.5, 0.6) is 0 Å². The maximum Gasteiger partial charge on any atom is 0.309 e. The van der Waals surface area contributed by atoms with E-state index in [0.717, 1.165) is 19.3 Å². The van der Waals surface area contributed by atoms with Crippen LogP contribution >= 0.6 is 0 Å². The zero-order valence-electron chi connectivity index (χ0n) is 10.9. The molecule has 1 unspecified atom stereocenters. The van der Waals surface area contributed by atoms with Crippen molar-refractivity contribution in [3.63, 3.8) is 0 Å². The lowest BCUT2D eigenvalue weighted by Crippen LogP contribution is -2.07. The number of cyclic esters (lactones) is 1. The van der Waals surface area contributed by atoms with Crippen molar-refractivity contribution in [1.82, 2.24) is 0 Å². The monoisotopic (exact) mass is 236 g/mol. The molecular weight excluding hydrogens is 212 g/mol. The minimum absolute atomic E-state index is 0.0983. The molecule has 0 aromatic heterocycles. The minimum Gasteiger partial charge on any atom is -0.465 e. The van der Waals surface area contributed by atoms with Crippen LogP contribution in [0.4, 0.5) is 0 Å². The highest BCUT2D eigenvalue weighted by Gasteiger charge is 2.03. The van der Waals surface area contributed by atoms with Crippen LogP contribution in [0.3, 0.4) is 0 Å². The average molecular weight is 236 g/mol. The van der Waals surface area contributed by atoms with E-state index in [1.165, 1.54) is 19.3 Å². The van der Waals surface area contributed by atoms with Crippen molar-refractivity contribution in [1.29, 1.82) is 0 Å². The molecule has 0 bridgehead atoms. The maximum atomic E-state index is 11.3. The van der Waals surface area contributed by atoms with E-state index in [4.69, 9.17) is 4.74 Å². The van der Waals surface area contributed by atoms with Crippen LogP contribution in [0.2, 0.25) is 0 Å². The van der Waals surface area contributed by atoms with E-state index in [1.54, 1.807) is 0 Å². The largest absolute Gasteiger partial charge is 0.465 e. The second-order valence-corrected chi connectivity index (χ2v) is 4.78. The predicted molar refractivity (Wildman–Crippen MR) is 70.7 cm³/mol. The van der Waals surface area contributed by atoms with Crippen LogP contribution < -0.4 is 0 Å². The van der Waals surface area contributed by atoms with Gasteiger partial charge in [-0.2, -0.15) is 0 Å². The van der Waals surface area contributed by atoms with Gasteiger partial charge in [-0.1, -0.05) is 31.2 Å². The van der Waals surface area contributed by atoms with Crippen molar-refractivity contribution >= 4 is 5.97 Å². The van der Waals surface area contributed by atoms with Crippen LogP contribution in [0.15, 0.2) is 24.3 Å². The smallest absolute Gasteiger partial charge is 0.309 e. The highest BCUT2D eigenvalue weighted by atomic mass is 16.5. The normalized spacial score (nSPS) is 28.5. The van der Waals surface area contributed by atoms with Gasteiger partial charge < -0.3 is 4.74 Å². The molecule has 0 radical (unpaired) electrons. The summed E-state index contributed by atoms with van der Waals surface area (Å²) in [5.74, 6) is 0.499. The van der Waals surface area contributed by atoms with Gasteiger partial charge in [0.25, 0.3) is 0 Å². The zero-order chi connectivity index (χ0) is 12.3. The van der Waals surface area contributed by atoms with Crippen molar-refractivity contribution in [2.45, 2.75) is 51.9 Å². The van der Waals surface area contributed by atoms with Crippen molar-refractivity contribution in [3.8, 4) is 0 Å². The number of esters is 1. The lowest BCUT2D eigenvalue weighted by atomic mass is 10.0. The van der Waals surface area contributed by atoms with E-state index in [2.05, 4.69) is 25.2 Å². The van der Waals surface area contributed by atoms with E-state index in [-0.39, 0.29) is 5.97 Å². The maximum absolute atomic E-state index is 11.3. The van der Waals surface area contributed by atoms with Gasteiger partial charge in [-0.05, 0) is 44.4 Å². The highest BCUT2D eigenvalue weighted by Crippen LogP contribution is 2.10. The third kappa shape index (κ3) is 7.78. The Kier molecular flexibility index (Phi) is 7.44. The Morgan fingerprint density at radius 1 is 1.12 bits per heavy atom. The van der Waals surface area contributed by atoms with Gasteiger partial charge in [0.1, 0.15) is 0 Å². The molecule has 1 heterocycles. The first kappa shape index (κ1) is 14.0. The molecule has 0 spiro atoms. The van der Waals surface area contributed by atoms with E-state index in [9.17, 15) is 4.79 Å². The number of rotatable bonds is 0. The second kappa shape index (κ2) is 9.03. The van der Waals surface area contributed by atoms with E-state index in [1.807, 2.05) is 6.08 Å². The quantitative estimate of drug-likeness (QED) is 0.469. The number of allylic oxidation sites excluding steroid dienone is 3. The molecule has 0 aromatic rings. The number of ether oxygens (including phenoxy) is 1. The lowest BCUT2D eigenvalue weighted by Gasteiger charge is -2.08. The number of carbonyl (C=O) groups is 1. The first-order valence-electron chi connectivity index (χ1n) is 6.74. The Bertz CT molecular complexity index is 266. The fraction of sp³-hybridized carbons (Fsp3) is 0.667. The third-order valence-corrected chi connectivity index (χ3v) is 3.02. The standard InChI is InChI=1S/C15H24O2/c1-14-10-8-6-4-2-3-5-7-9-11-15(16)17-13-12-14/h6-9,14H,2-5,10-13H2,1H3/b8-6-,9-7+. The Balaban J connectivity index is 2.36. The summed E-state index contributed by atoms with van der Waals surface area (Å²) in [6.07, 6.45) is 15.7. The molecule has 1 aliphatic heterocycles. The SMILES string of the molecule is CC1C/C=C\CCCC/C=C/CC(=O)OCC1. The molecule has 0 fully saturated rings. The summed E-state index contributed by atoms with van der Waals surface area (Å²) in [5.41, 5.74) is 0. The first-order chi connectivity index (χ1) is 8.29. The summed E-state index contributed by atoms with van der Waals surface area (Å²) in [5, 5.41) is 0. The minimum atomic E-state index is -0.0983. The Morgan fingerprint density at radius 2 is 1.82 bits per heavy atom. The van der Waals surface area contributed by atoms with Gasteiger partial charge in [-0.3, -0.25) is 4.79 Å². The van der Waals surface area contributed by atoms with Gasteiger partial charge in [0.15, 0.2) is 0 Å². The Morgan fingerprint density at radius 3 is 2.59 bits per heavy atom. The summed E-state index contributed by atoms with van der Waals surface area (Å²) in [7, 11) is 0. The molecular formula is C15H24O2. The van der Waals surface area contributed by atoms with Crippen molar-refractivity contribution < 1.29 is 9.53 Å². The van der Waals surface area contributed by atoms with E-state index in [0.29, 0.717) is 18.9 Å². The van der Waals surface area contributed by atoms with Gasteiger partial charge in [0, 0.05) is 0 Å². The highest BCUT2D eigenvalue weighted by molar-refractivity contribution is 5.71. The molecule has 1 aliphatic rings. The molecule has 1 atom stereocenters. The van der Waals surface area contributed by atoms with Gasteiger partial charge in [-0.15, -0.1) is 0 Å². The van der Waals surface area contributed by atoms with E-state index >= 15 is 0 Å². The molecule has 0 aromatic carbocycles. The van der Waals surface area contributed by atoms with Gasteiger partial charge in [-0.25, -0.2) is 0 Å². The van der Waals surface area contributed by atoms with Crippen molar-refractivity contribution in [2.24, 2.45) is 5.92 Å². The van der Waals surface area contributed by atoms with Crippen LogP contribution in [0, 0.1) is 5.92 Å². The Labute approximate surface area is 105 Å². The predicted octanol–water partition coefficient (Wildman–Crippen LogP) is 4.02. The molecule has 17 heavy (non-hydrogen) atoms. The number of carbonyl (C=O) groups excluding carboxylic acids is 1. The zero-order valence-corrected chi connectivity index (χ0v) is 10.9. The molecule has 1 rings (SSSR count). The summed E-state index contributed by atoms with van der Waals surface area (Å²) < 4.78 is 5.17. The fourth-order valence-corrected chi connectivity index (χ4v) is 1.82. The molecule has 2 heteroatoms. The third-order valence-electron chi connectivity index (χ3n) is 3.02. The molecule has 96 valence electrons. The number of hydrogen-bond acceptors (Lipinski definition) is 2. The van der Waals surface area contributed by atoms with Crippen LogP contribution in [0.25, 0.3) is 0 Å². The summed E-state index contributed by atoms with van der Waals surface area (Å²) in [6.45, 7) is 2.76. The van der Waals surface area contributed by atoms with Gasteiger partial charge in [0.2, 0.25) is 0 Å². The number of hydrogen-bond donors (Lipinski definition) is 0. The fourth-order valence-electron chi connectivity index (χ4n) is 1.82.